The van der Waals surface area contributed by atoms with E-state index in [4.69, 9.17) is 4.74 Å². The van der Waals surface area contributed by atoms with Gasteiger partial charge in [0.25, 0.3) is 5.91 Å². The van der Waals surface area contributed by atoms with Crippen molar-refractivity contribution in [3.8, 4) is 0 Å². The number of nitrogens with one attached hydrogen (secondary N) is 2. The Bertz CT molecular complexity index is 926. The van der Waals surface area contributed by atoms with E-state index in [1.807, 2.05) is 24.3 Å². The molecule has 2 aromatic carbocycles. The van der Waals surface area contributed by atoms with Crippen molar-refractivity contribution in [1.82, 2.24) is 15.5 Å². The van der Waals surface area contributed by atoms with Gasteiger partial charge in [0, 0.05) is 26.2 Å². The second-order valence-corrected chi connectivity index (χ2v) is 8.22. The third kappa shape index (κ3) is 6.34. The molecule has 172 valence electrons. The van der Waals surface area contributed by atoms with Crippen LogP contribution >= 0.6 is 0 Å². The molecule has 0 bridgehead atoms. The van der Waals surface area contributed by atoms with E-state index in [-0.39, 0.29) is 12.5 Å². The number of amides is 2. The quantitative estimate of drug-likeness (QED) is 0.656. The van der Waals surface area contributed by atoms with Crippen molar-refractivity contribution >= 4 is 11.8 Å². The number of benzene rings is 2. The highest BCUT2D eigenvalue weighted by Crippen LogP contribution is 2.14. The van der Waals surface area contributed by atoms with Crippen LogP contribution in [0.1, 0.15) is 35.3 Å². The number of carbonyl (C=O) groups excluding carboxylic acids is 2. The molecule has 0 spiro atoms. The molecule has 3 rings (SSSR count). The highest BCUT2D eigenvalue weighted by atomic mass is 19.1. The molecule has 32 heavy (non-hydrogen) atoms. The van der Waals surface area contributed by atoms with Gasteiger partial charge in [-0.3, -0.25) is 14.5 Å². The zero-order valence-corrected chi connectivity index (χ0v) is 18.4. The molecule has 1 aliphatic rings. The number of morpholine rings is 1. The van der Waals surface area contributed by atoms with E-state index in [2.05, 4.69) is 15.5 Å². The summed E-state index contributed by atoms with van der Waals surface area (Å²) in [5.74, 6) is -3.59. The van der Waals surface area contributed by atoms with Crippen LogP contribution in [0.25, 0.3) is 0 Å². The molecule has 0 saturated carbocycles. The van der Waals surface area contributed by atoms with E-state index in [0.717, 1.165) is 56.1 Å². The van der Waals surface area contributed by atoms with Crippen LogP contribution in [0.5, 0.6) is 0 Å². The van der Waals surface area contributed by atoms with Crippen LogP contribution in [0.2, 0.25) is 0 Å². The SMILES string of the molecule is CC(C)C(NC(=O)c1c(F)cccc1F)C(=O)NCc1cccc(CN2CCOCC2)c1. The summed E-state index contributed by atoms with van der Waals surface area (Å²) in [4.78, 5) is 27.5. The maximum Gasteiger partial charge on any atom is 0.257 e. The summed E-state index contributed by atoms with van der Waals surface area (Å²) in [6, 6.07) is 10.2. The molecule has 8 heteroatoms. The average Bonchev–Trinajstić information content (AvgIpc) is 2.76. The summed E-state index contributed by atoms with van der Waals surface area (Å²) in [6.07, 6.45) is 0. The Hall–Kier alpha value is -2.84. The van der Waals surface area contributed by atoms with Gasteiger partial charge in [0.05, 0.1) is 13.2 Å². The van der Waals surface area contributed by atoms with E-state index in [1.165, 1.54) is 6.07 Å². The van der Waals surface area contributed by atoms with Gasteiger partial charge in [-0.1, -0.05) is 44.2 Å². The standard InChI is InChI=1S/C24H29F2N3O3/c1-16(2)22(28-23(30)21-19(25)7-4-8-20(21)26)24(31)27-14-17-5-3-6-18(13-17)15-29-9-11-32-12-10-29/h3-8,13,16,22H,9-12,14-15H2,1-2H3,(H,27,31)(H,28,30). The molecular weight excluding hydrogens is 416 g/mol. The van der Waals surface area contributed by atoms with Crippen molar-refractivity contribution in [2.24, 2.45) is 5.92 Å². The van der Waals surface area contributed by atoms with Crippen molar-refractivity contribution in [2.75, 3.05) is 26.3 Å². The minimum Gasteiger partial charge on any atom is -0.379 e. The van der Waals surface area contributed by atoms with Gasteiger partial charge >= 0.3 is 0 Å². The molecule has 6 nitrogen and oxygen atoms in total. The zero-order valence-electron chi connectivity index (χ0n) is 18.4. The molecule has 2 N–H and O–H groups in total. The molecule has 2 amide bonds. The molecule has 1 unspecified atom stereocenters. The maximum atomic E-state index is 13.9. The Morgan fingerprint density at radius 1 is 1.03 bits per heavy atom. The minimum atomic E-state index is -0.970. The largest absolute Gasteiger partial charge is 0.379 e. The first-order chi connectivity index (χ1) is 15.3. The number of carbonyl (C=O) groups is 2. The Kier molecular flexibility index (Phi) is 8.30. The molecule has 1 fully saturated rings. The van der Waals surface area contributed by atoms with Gasteiger partial charge in [-0.25, -0.2) is 8.78 Å². The Balaban J connectivity index is 1.60. The molecule has 1 heterocycles. The van der Waals surface area contributed by atoms with Crippen molar-refractivity contribution in [2.45, 2.75) is 33.0 Å². The lowest BCUT2D eigenvalue weighted by molar-refractivity contribution is -0.124. The number of halogens is 2. The molecule has 1 saturated heterocycles. The summed E-state index contributed by atoms with van der Waals surface area (Å²) in [6.45, 7) is 7.84. The molecule has 1 aliphatic heterocycles. The van der Waals surface area contributed by atoms with E-state index >= 15 is 0 Å². The summed E-state index contributed by atoms with van der Waals surface area (Å²) < 4.78 is 33.2. The average molecular weight is 446 g/mol. The lowest BCUT2D eigenvalue weighted by atomic mass is 10.0. The molecular formula is C24H29F2N3O3. The fourth-order valence-corrected chi connectivity index (χ4v) is 3.62. The van der Waals surface area contributed by atoms with Crippen molar-refractivity contribution in [3.63, 3.8) is 0 Å². The van der Waals surface area contributed by atoms with Gasteiger partial charge in [-0.15, -0.1) is 0 Å². The summed E-state index contributed by atoms with van der Waals surface area (Å²) in [7, 11) is 0. The minimum absolute atomic E-state index is 0.276. The fraction of sp³-hybridized carbons (Fsp3) is 0.417. The summed E-state index contributed by atoms with van der Waals surface area (Å²) in [5.41, 5.74) is 1.38. The highest BCUT2D eigenvalue weighted by molar-refractivity contribution is 5.98. The topological polar surface area (TPSA) is 70.7 Å². The van der Waals surface area contributed by atoms with Crippen LogP contribution in [0.15, 0.2) is 42.5 Å². The van der Waals surface area contributed by atoms with Gasteiger partial charge in [0.15, 0.2) is 0 Å². The van der Waals surface area contributed by atoms with E-state index in [1.54, 1.807) is 13.8 Å². The van der Waals surface area contributed by atoms with Gasteiger partial charge in [0.1, 0.15) is 23.2 Å². The number of hydrogen-bond acceptors (Lipinski definition) is 4. The van der Waals surface area contributed by atoms with Crippen LogP contribution in [0, 0.1) is 17.6 Å². The van der Waals surface area contributed by atoms with E-state index in [9.17, 15) is 18.4 Å². The van der Waals surface area contributed by atoms with Crippen molar-refractivity contribution < 1.29 is 23.1 Å². The normalized spacial score (nSPS) is 15.4. The number of ether oxygens (including phenoxy) is 1. The monoisotopic (exact) mass is 445 g/mol. The Morgan fingerprint density at radius 3 is 2.31 bits per heavy atom. The second kappa shape index (κ2) is 11.2. The van der Waals surface area contributed by atoms with Gasteiger partial charge in [-0.2, -0.15) is 0 Å². The van der Waals surface area contributed by atoms with E-state index in [0.29, 0.717) is 0 Å². The number of rotatable bonds is 8. The van der Waals surface area contributed by atoms with E-state index < -0.39 is 35.1 Å². The summed E-state index contributed by atoms with van der Waals surface area (Å²) >= 11 is 0. The Morgan fingerprint density at radius 2 is 1.66 bits per heavy atom. The second-order valence-electron chi connectivity index (χ2n) is 8.22. The van der Waals surface area contributed by atoms with Crippen LogP contribution in [-0.4, -0.2) is 49.1 Å². The number of nitrogens with zero attached hydrogens (tertiary/aromatic N) is 1. The molecule has 0 aromatic heterocycles. The lowest BCUT2D eigenvalue weighted by Crippen LogP contribution is -2.49. The third-order valence-electron chi connectivity index (χ3n) is 5.39. The van der Waals surface area contributed by atoms with Crippen LogP contribution in [-0.2, 0) is 22.6 Å². The van der Waals surface area contributed by atoms with Gasteiger partial charge in [0.2, 0.25) is 5.91 Å². The van der Waals surface area contributed by atoms with Crippen LogP contribution in [0.4, 0.5) is 8.78 Å². The van der Waals surface area contributed by atoms with Crippen LogP contribution in [0.3, 0.4) is 0 Å². The van der Waals surface area contributed by atoms with Gasteiger partial charge in [-0.05, 0) is 29.2 Å². The van der Waals surface area contributed by atoms with Gasteiger partial charge < -0.3 is 15.4 Å². The van der Waals surface area contributed by atoms with Crippen LogP contribution < -0.4 is 10.6 Å². The first-order valence-corrected chi connectivity index (χ1v) is 10.8. The molecule has 2 aromatic rings. The smallest absolute Gasteiger partial charge is 0.257 e. The third-order valence-corrected chi connectivity index (χ3v) is 5.39. The zero-order chi connectivity index (χ0) is 23.1. The first kappa shape index (κ1) is 23.8. The van der Waals surface area contributed by atoms with Crippen molar-refractivity contribution in [3.05, 3.63) is 70.8 Å². The number of hydrogen-bond donors (Lipinski definition) is 2. The predicted molar refractivity (Wildman–Crippen MR) is 117 cm³/mol. The lowest BCUT2D eigenvalue weighted by Gasteiger charge is -2.26. The molecule has 0 aliphatic carbocycles. The predicted octanol–water partition coefficient (Wildman–Crippen LogP) is 2.87. The first-order valence-electron chi connectivity index (χ1n) is 10.8. The highest BCUT2D eigenvalue weighted by Gasteiger charge is 2.27. The fourth-order valence-electron chi connectivity index (χ4n) is 3.62. The molecule has 0 radical (unpaired) electrons. The maximum absolute atomic E-state index is 13.9. The molecule has 1 atom stereocenters. The summed E-state index contributed by atoms with van der Waals surface area (Å²) in [5, 5.41) is 5.29. The Labute approximate surface area is 186 Å². The van der Waals surface area contributed by atoms with Crippen molar-refractivity contribution in [1.29, 1.82) is 0 Å².